The minimum atomic E-state index is 0.747. The van der Waals surface area contributed by atoms with E-state index in [1.54, 1.807) is 0 Å². The van der Waals surface area contributed by atoms with Gasteiger partial charge in [-0.1, -0.05) is 13.8 Å². The van der Waals surface area contributed by atoms with Crippen LogP contribution in [0.5, 0.6) is 0 Å². The van der Waals surface area contributed by atoms with Crippen LogP contribution in [0.15, 0.2) is 0 Å². The van der Waals surface area contributed by atoms with Gasteiger partial charge in [0, 0.05) is 37.8 Å². The highest BCUT2D eigenvalue weighted by Crippen LogP contribution is 2.43. The predicted molar refractivity (Wildman–Crippen MR) is 69.7 cm³/mol. The lowest BCUT2D eigenvalue weighted by Crippen LogP contribution is -2.56. The van der Waals surface area contributed by atoms with E-state index in [1.807, 2.05) is 13.8 Å². The maximum absolute atomic E-state index is 2.81. The van der Waals surface area contributed by atoms with Crippen molar-refractivity contribution in [2.75, 3.05) is 19.6 Å². The van der Waals surface area contributed by atoms with E-state index in [9.17, 15) is 0 Å². The molecular weight excluding hydrogens is 196 g/mol. The van der Waals surface area contributed by atoms with E-state index in [0.29, 0.717) is 0 Å². The van der Waals surface area contributed by atoms with Crippen LogP contribution in [0.2, 0.25) is 0 Å². The second-order valence-corrected chi connectivity index (χ2v) is 5.62. The van der Waals surface area contributed by atoms with Gasteiger partial charge in [-0.2, -0.15) is 0 Å². The zero-order valence-corrected chi connectivity index (χ0v) is 11.4. The highest BCUT2D eigenvalue weighted by molar-refractivity contribution is 5.02. The largest absolute Gasteiger partial charge is 0.298 e. The minimum absolute atomic E-state index is 0.747. The van der Waals surface area contributed by atoms with Crippen LogP contribution in [0.25, 0.3) is 0 Å². The first kappa shape index (κ1) is 12.4. The minimum Gasteiger partial charge on any atom is -0.298 e. The summed E-state index contributed by atoms with van der Waals surface area (Å²) in [5, 5.41) is 0. The van der Waals surface area contributed by atoms with E-state index in [2.05, 4.69) is 23.6 Å². The number of hydrogen-bond acceptors (Lipinski definition) is 2. The molecule has 1 aliphatic carbocycles. The first-order valence-corrected chi connectivity index (χ1v) is 7.25. The molecule has 3 fully saturated rings. The molecule has 3 aliphatic rings. The molecule has 0 amide bonds. The lowest BCUT2D eigenvalue weighted by Gasteiger charge is -2.45. The van der Waals surface area contributed by atoms with Gasteiger partial charge in [-0.05, 0) is 39.0 Å². The molecule has 16 heavy (non-hydrogen) atoms. The summed E-state index contributed by atoms with van der Waals surface area (Å²) in [5.41, 5.74) is 0. The molecule has 2 heteroatoms. The Morgan fingerprint density at radius 2 is 1.81 bits per heavy atom. The molecule has 0 aromatic carbocycles. The Kier molecular flexibility index (Phi) is 3.91. The zero-order valence-electron chi connectivity index (χ0n) is 11.4. The molecule has 0 spiro atoms. The standard InChI is InChI=1S/C12H22N2.C2H6/c1-9(2)13-5-6-14-11-4-3-10(7-11)12(14)8-13;1-2/h9-12H,3-8H2,1-2H3;1-2H3. The number of piperidine rings is 1. The van der Waals surface area contributed by atoms with E-state index in [0.717, 1.165) is 24.0 Å². The SMILES string of the molecule is CC.CC(C)N1CCN2C3CCC(C3)C2C1. The molecule has 0 N–H and O–H groups in total. The average molecular weight is 224 g/mol. The molecule has 2 aliphatic heterocycles. The second-order valence-electron chi connectivity index (χ2n) is 5.62. The smallest absolute Gasteiger partial charge is 0.0255 e. The first-order valence-electron chi connectivity index (χ1n) is 7.25. The summed E-state index contributed by atoms with van der Waals surface area (Å²) in [6.45, 7) is 12.7. The van der Waals surface area contributed by atoms with E-state index >= 15 is 0 Å². The maximum atomic E-state index is 2.81. The number of rotatable bonds is 1. The maximum Gasteiger partial charge on any atom is 0.0255 e. The highest BCUT2D eigenvalue weighted by Gasteiger charge is 2.47. The third-order valence-corrected chi connectivity index (χ3v) is 4.68. The Morgan fingerprint density at radius 3 is 2.50 bits per heavy atom. The molecule has 2 nitrogen and oxygen atoms in total. The Morgan fingerprint density at radius 1 is 1.06 bits per heavy atom. The second kappa shape index (κ2) is 5.05. The quantitative estimate of drug-likeness (QED) is 0.675. The monoisotopic (exact) mass is 224 g/mol. The van der Waals surface area contributed by atoms with Gasteiger partial charge < -0.3 is 0 Å². The van der Waals surface area contributed by atoms with Gasteiger partial charge in [0.15, 0.2) is 0 Å². The number of fused-ring (bicyclic) bond motifs is 5. The fourth-order valence-corrected chi connectivity index (χ4v) is 3.83. The van der Waals surface area contributed by atoms with Crippen LogP contribution in [0.3, 0.4) is 0 Å². The Bertz CT molecular complexity index is 227. The lowest BCUT2D eigenvalue weighted by atomic mass is 9.96. The molecule has 1 saturated carbocycles. The molecule has 0 aromatic rings. The van der Waals surface area contributed by atoms with Crippen molar-refractivity contribution in [3.8, 4) is 0 Å². The molecule has 0 radical (unpaired) electrons. The van der Waals surface area contributed by atoms with E-state index in [1.165, 1.54) is 38.9 Å². The normalized spacial score (nSPS) is 38.4. The van der Waals surface area contributed by atoms with Crippen molar-refractivity contribution >= 4 is 0 Å². The van der Waals surface area contributed by atoms with Gasteiger partial charge in [0.25, 0.3) is 0 Å². The van der Waals surface area contributed by atoms with E-state index < -0.39 is 0 Å². The third-order valence-electron chi connectivity index (χ3n) is 4.68. The van der Waals surface area contributed by atoms with Gasteiger partial charge in [0.2, 0.25) is 0 Å². The van der Waals surface area contributed by atoms with Crippen molar-refractivity contribution < 1.29 is 0 Å². The van der Waals surface area contributed by atoms with Gasteiger partial charge >= 0.3 is 0 Å². The fourth-order valence-electron chi connectivity index (χ4n) is 3.83. The van der Waals surface area contributed by atoms with Crippen LogP contribution in [0, 0.1) is 5.92 Å². The Balaban J connectivity index is 0.000000457. The summed E-state index contributed by atoms with van der Waals surface area (Å²) >= 11 is 0. The summed E-state index contributed by atoms with van der Waals surface area (Å²) < 4.78 is 0. The van der Waals surface area contributed by atoms with Crippen molar-refractivity contribution in [1.29, 1.82) is 0 Å². The van der Waals surface area contributed by atoms with Gasteiger partial charge in [-0.15, -0.1) is 0 Å². The van der Waals surface area contributed by atoms with E-state index in [-0.39, 0.29) is 0 Å². The number of nitrogens with zero attached hydrogens (tertiary/aromatic N) is 2. The summed E-state index contributed by atoms with van der Waals surface area (Å²) in [7, 11) is 0. The fraction of sp³-hybridized carbons (Fsp3) is 1.00. The molecule has 3 unspecified atom stereocenters. The van der Waals surface area contributed by atoms with E-state index in [4.69, 9.17) is 0 Å². The number of hydrogen-bond donors (Lipinski definition) is 0. The van der Waals surface area contributed by atoms with Crippen molar-refractivity contribution in [3.05, 3.63) is 0 Å². The van der Waals surface area contributed by atoms with Crippen LogP contribution >= 0.6 is 0 Å². The summed E-state index contributed by atoms with van der Waals surface area (Å²) in [5.74, 6) is 1.04. The molecule has 0 aromatic heterocycles. The molecule has 2 heterocycles. The number of piperazine rings is 1. The van der Waals surface area contributed by atoms with Crippen molar-refractivity contribution in [2.24, 2.45) is 5.92 Å². The van der Waals surface area contributed by atoms with Crippen molar-refractivity contribution in [2.45, 2.75) is 65.1 Å². The molecule has 3 rings (SSSR count). The first-order chi connectivity index (χ1) is 7.75. The van der Waals surface area contributed by atoms with Crippen LogP contribution in [-0.2, 0) is 0 Å². The van der Waals surface area contributed by atoms with Crippen LogP contribution in [-0.4, -0.2) is 47.6 Å². The average Bonchev–Trinajstić information content (AvgIpc) is 2.92. The molecule has 94 valence electrons. The Hall–Kier alpha value is -0.0800. The lowest BCUT2D eigenvalue weighted by molar-refractivity contribution is 0.0301. The van der Waals surface area contributed by atoms with Crippen molar-refractivity contribution in [1.82, 2.24) is 9.80 Å². The topological polar surface area (TPSA) is 6.48 Å². The van der Waals surface area contributed by atoms with Gasteiger partial charge in [0.1, 0.15) is 0 Å². The van der Waals surface area contributed by atoms with Crippen LogP contribution in [0.4, 0.5) is 0 Å². The van der Waals surface area contributed by atoms with Gasteiger partial charge in [0.05, 0.1) is 0 Å². The summed E-state index contributed by atoms with van der Waals surface area (Å²) in [4.78, 5) is 5.48. The highest BCUT2D eigenvalue weighted by atomic mass is 15.3. The third kappa shape index (κ3) is 2.02. The van der Waals surface area contributed by atoms with Crippen LogP contribution < -0.4 is 0 Å². The predicted octanol–water partition coefficient (Wildman–Crippen LogP) is 2.59. The molecular formula is C14H28N2. The van der Waals surface area contributed by atoms with Gasteiger partial charge in [-0.25, -0.2) is 0 Å². The molecule has 2 saturated heterocycles. The van der Waals surface area contributed by atoms with Crippen LogP contribution in [0.1, 0.15) is 47.0 Å². The molecule has 3 atom stereocenters. The van der Waals surface area contributed by atoms with Gasteiger partial charge in [-0.3, -0.25) is 9.80 Å². The zero-order chi connectivity index (χ0) is 11.7. The Labute approximate surface area is 101 Å². The summed E-state index contributed by atoms with van der Waals surface area (Å²) in [6, 6.07) is 2.64. The molecule has 2 bridgehead atoms. The summed E-state index contributed by atoms with van der Waals surface area (Å²) in [6.07, 6.45) is 4.51. The van der Waals surface area contributed by atoms with Crippen molar-refractivity contribution in [3.63, 3.8) is 0 Å².